The van der Waals surface area contributed by atoms with E-state index in [9.17, 15) is 4.79 Å². The number of hydrogen-bond acceptors (Lipinski definition) is 8. The van der Waals surface area contributed by atoms with Crippen LogP contribution >= 0.6 is 0 Å². The number of aryl methyl sites for hydroxylation is 2. The summed E-state index contributed by atoms with van der Waals surface area (Å²) in [7, 11) is 1.66. The van der Waals surface area contributed by atoms with Crippen molar-refractivity contribution in [3.8, 4) is 5.75 Å². The molecule has 8 nitrogen and oxygen atoms in total. The lowest BCUT2D eigenvalue weighted by molar-refractivity contribution is -0.153. The number of methoxy groups -OCH3 is 1. The van der Waals surface area contributed by atoms with Crippen molar-refractivity contribution < 1.29 is 14.3 Å². The molecule has 0 bridgehead atoms. The average Bonchev–Trinajstić information content (AvgIpc) is 3.55. The van der Waals surface area contributed by atoms with Crippen molar-refractivity contribution in [3.05, 3.63) is 144 Å². The van der Waals surface area contributed by atoms with Crippen molar-refractivity contribution in [2.24, 2.45) is 23.4 Å². The summed E-state index contributed by atoms with van der Waals surface area (Å²) in [6, 6.07) is 22.0. The molecule has 3 aromatic carbocycles. The number of hydrazine groups is 1. The Hall–Kier alpha value is -4.95. The van der Waals surface area contributed by atoms with E-state index in [2.05, 4.69) is 78.9 Å². The summed E-state index contributed by atoms with van der Waals surface area (Å²) < 4.78 is 11.6. The van der Waals surface area contributed by atoms with Gasteiger partial charge in [0.25, 0.3) is 0 Å². The topological polar surface area (TPSA) is 97.3 Å². The van der Waals surface area contributed by atoms with E-state index in [0.717, 1.165) is 105 Å². The minimum atomic E-state index is -0.193. The third kappa shape index (κ3) is 11.1. The van der Waals surface area contributed by atoms with Gasteiger partial charge in [-0.3, -0.25) is 4.79 Å². The number of nitrogens with zero attached hydrogens (tertiary/aromatic N) is 3. The summed E-state index contributed by atoms with van der Waals surface area (Å²) in [5.74, 6) is 6.08. The molecule has 0 radical (unpaired) electrons. The minimum Gasteiger partial charge on any atom is -0.496 e. The molecular weight excluding hydrogens is 707 g/mol. The van der Waals surface area contributed by atoms with Crippen molar-refractivity contribution in [1.82, 2.24) is 14.8 Å². The Morgan fingerprint density at radius 1 is 1.00 bits per heavy atom. The zero-order chi connectivity index (χ0) is 41.6. The molecule has 1 fully saturated rings. The van der Waals surface area contributed by atoms with Crippen LogP contribution in [0.15, 0.2) is 105 Å². The summed E-state index contributed by atoms with van der Waals surface area (Å²) >= 11 is 0. The molecule has 0 saturated heterocycles. The van der Waals surface area contributed by atoms with Gasteiger partial charge in [0.15, 0.2) is 0 Å². The second-order valence-electron chi connectivity index (χ2n) is 15.7. The predicted octanol–water partition coefficient (Wildman–Crippen LogP) is 9.99. The summed E-state index contributed by atoms with van der Waals surface area (Å²) in [5, 5.41) is 1.61. The summed E-state index contributed by atoms with van der Waals surface area (Å²) in [6.45, 7) is 28.5. The van der Waals surface area contributed by atoms with Crippen molar-refractivity contribution in [2.75, 3.05) is 20.2 Å². The number of rotatable bonds is 13. The van der Waals surface area contributed by atoms with Crippen LogP contribution in [0.2, 0.25) is 0 Å². The quantitative estimate of drug-likeness (QED) is 0.0767. The van der Waals surface area contributed by atoms with Crippen molar-refractivity contribution in [3.63, 3.8) is 0 Å². The second kappa shape index (κ2) is 21.5. The monoisotopic (exact) mass is 776 g/mol. The molecule has 3 atom stereocenters. The van der Waals surface area contributed by atoms with Crippen LogP contribution in [-0.2, 0) is 35.5 Å². The number of allylic oxidation sites excluding steroid dienone is 2. The molecule has 3 unspecified atom stereocenters. The van der Waals surface area contributed by atoms with Crippen LogP contribution in [0.3, 0.4) is 0 Å². The first kappa shape index (κ1) is 44.8. The Labute approximate surface area is 343 Å². The maximum absolute atomic E-state index is 13.8. The Morgan fingerprint density at radius 3 is 2.37 bits per heavy atom. The standard InChI is InChI=1S/C40H48N2O3.C7H17N3.C2H4/c1-6-12-30-14-11-15-31-21-22-42(37(39(30)31)25-41-24-32-13-7-8-16-34(32)28(41)3)29(4)35-17-9-10-18-36(35)40(43)45-26-33-20-19-27(2)23-38(33)44-5;1-4-7(8)5-10(9)6(2)3;1-2/h7-8,11,13-16,19-20,23,35-37H,3-4,6,9-10,12,17-18,21-22,24-26H2,1-2,5H3;5-6H,4,8-9H2,1-3H3;1-2H2/b;7-5-;. The van der Waals surface area contributed by atoms with Gasteiger partial charge in [0, 0.05) is 66.0 Å². The third-order valence-corrected chi connectivity index (χ3v) is 11.6. The van der Waals surface area contributed by atoms with E-state index >= 15 is 0 Å². The Bertz CT molecular complexity index is 1850. The van der Waals surface area contributed by atoms with Gasteiger partial charge in [-0.15, -0.1) is 13.2 Å². The maximum atomic E-state index is 13.8. The van der Waals surface area contributed by atoms with E-state index in [-0.39, 0.29) is 30.5 Å². The molecule has 2 heterocycles. The molecule has 308 valence electrons. The maximum Gasteiger partial charge on any atom is 0.309 e. The van der Waals surface area contributed by atoms with Gasteiger partial charge >= 0.3 is 5.97 Å². The fraction of sp³-hybridized carbons (Fsp3) is 0.449. The molecule has 0 aromatic heterocycles. The first-order valence-corrected chi connectivity index (χ1v) is 20.8. The summed E-state index contributed by atoms with van der Waals surface area (Å²) in [4.78, 5) is 18.8. The van der Waals surface area contributed by atoms with Crippen molar-refractivity contribution in [1.29, 1.82) is 0 Å². The average molecular weight is 776 g/mol. The number of carbonyl (C=O) groups is 1. The molecule has 3 aromatic rings. The Kier molecular flexibility index (Phi) is 16.9. The van der Waals surface area contributed by atoms with E-state index in [1.807, 2.05) is 45.9 Å². The van der Waals surface area contributed by atoms with E-state index < -0.39 is 0 Å². The molecule has 3 aliphatic rings. The minimum absolute atomic E-state index is 0.0625. The van der Waals surface area contributed by atoms with Crippen LogP contribution in [0.1, 0.15) is 111 Å². The van der Waals surface area contributed by atoms with Gasteiger partial charge < -0.3 is 30.0 Å². The van der Waals surface area contributed by atoms with Crippen molar-refractivity contribution in [2.45, 2.75) is 111 Å². The van der Waals surface area contributed by atoms with Crippen LogP contribution in [0.5, 0.6) is 5.75 Å². The summed E-state index contributed by atoms with van der Waals surface area (Å²) in [5.41, 5.74) is 17.5. The number of ether oxygens (including phenoxy) is 2. The number of esters is 1. The predicted molar refractivity (Wildman–Crippen MR) is 237 cm³/mol. The lowest BCUT2D eigenvalue weighted by Gasteiger charge is -2.46. The van der Waals surface area contributed by atoms with E-state index in [1.54, 1.807) is 18.3 Å². The highest BCUT2D eigenvalue weighted by atomic mass is 16.5. The lowest BCUT2D eigenvalue weighted by Crippen LogP contribution is -2.44. The molecule has 8 heteroatoms. The van der Waals surface area contributed by atoms with Crippen LogP contribution in [0, 0.1) is 18.8 Å². The number of fused-ring (bicyclic) bond motifs is 2. The van der Waals surface area contributed by atoms with Gasteiger partial charge in [-0.1, -0.05) is 101 Å². The Morgan fingerprint density at radius 2 is 1.70 bits per heavy atom. The number of carbonyl (C=O) groups excluding carboxylic acids is 1. The fourth-order valence-electron chi connectivity index (χ4n) is 8.36. The molecule has 4 N–H and O–H groups in total. The van der Waals surface area contributed by atoms with E-state index in [4.69, 9.17) is 27.6 Å². The SMILES string of the molecule is C=C.C=C1c2ccccc2CN1CC1c2c(CCC)cccc2CCN1C(=C)C1CCCCC1C(=O)OCc1ccc(C)cc1OC.CC/C(N)=C/N(N)C(C)C. The number of hydrogen-bond donors (Lipinski definition) is 2. The molecular formula is C49H69N5O3. The first-order chi connectivity index (χ1) is 27.5. The summed E-state index contributed by atoms with van der Waals surface area (Å²) in [6.07, 6.45) is 9.70. The Balaban J connectivity index is 0.000000525. The highest BCUT2D eigenvalue weighted by Crippen LogP contribution is 2.44. The second-order valence-corrected chi connectivity index (χ2v) is 15.7. The molecule has 6 rings (SSSR count). The van der Waals surface area contributed by atoms with Crippen molar-refractivity contribution >= 4 is 11.7 Å². The molecule has 0 amide bonds. The molecule has 1 saturated carbocycles. The highest BCUT2D eigenvalue weighted by molar-refractivity contribution is 5.73. The number of nitrogens with two attached hydrogens (primary N) is 2. The molecule has 0 spiro atoms. The van der Waals surface area contributed by atoms with Gasteiger partial charge in [0.1, 0.15) is 12.4 Å². The van der Waals surface area contributed by atoms with Gasteiger partial charge in [-0.25, -0.2) is 5.84 Å². The molecule has 1 aliphatic carbocycles. The molecule has 2 aliphatic heterocycles. The van der Waals surface area contributed by atoms with E-state index in [1.165, 1.54) is 27.8 Å². The third-order valence-electron chi connectivity index (χ3n) is 11.6. The zero-order valence-corrected chi connectivity index (χ0v) is 35.7. The smallest absolute Gasteiger partial charge is 0.309 e. The van der Waals surface area contributed by atoms with Gasteiger partial charge in [0.2, 0.25) is 0 Å². The highest BCUT2D eigenvalue weighted by Gasteiger charge is 2.40. The first-order valence-electron chi connectivity index (χ1n) is 20.8. The van der Waals surface area contributed by atoms with Gasteiger partial charge in [-0.05, 0) is 86.8 Å². The van der Waals surface area contributed by atoms with Crippen LogP contribution < -0.4 is 16.3 Å². The zero-order valence-electron chi connectivity index (χ0n) is 35.7. The van der Waals surface area contributed by atoms with Gasteiger partial charge in [0.05, 0.1) is 19.1 Å². The number of benzene rings is 3. The van der Waals surface area contributed by atoms with Crippen LogP contribution in [0.25, 0.3) is 5.70 Å². The van der Waals surface area contributed by atoms with Crippen LogP contribution in [0.4, 0.5) is 0 Å². The van der Waals surface area contributed by atoms with E-state index in [0.29, 0.717) is 6.04 Å². The fourth-order valence-corrected chi connectivity index (χ4v) is 8.36. The normalized spacial score (nSPS) is 18.7. The molecule has 57 heavy (non-hydrogen) atoms. The van der Waals surface area contributed by atoms with Crippen LogP contribution in [-0.4, -0.2) is 47.0 Å². The lowest BCUT2D eigenvalue weighted by atomic mass is 9.76. The largest absolute Gasteiger partial charge is 0.496 e. The van der Waals surface area contributed by atoms with Gasteiger partial charge in [-0.2, -0.15) is 0 Å².